The van der Waals surface area contributed by atoms with Crippen LogP contribution in [-0.4, -0.2) is 21.9 Å². The van der Waals surface area contributed by atoms with Gasteiger partial charge in [-0.05, 0) is 26.2 Å². The second-order valence-corrected chi connectivity index (χ2v) is 3.57. The van der Waals surface area contributed by atoms with Crippen molar-refractivity contribution in [1.29, 1.82) is 0 Å². The third-order valence-electron chi connectivity index (χ3n) is 2.94. The monoisotopic (exact) mass is 191 g/mol. The van der Waals surface area contributed by atoms with Crippen molar-refractivity contribution in [2.75, 3.05) is 0 Å². The molecule has 0 bridgehead atoms. The van der Waals surface area contributed by atoms with Crippen LogP contribution in [0.3, 0.4) is 0 Å². The van der Waals surface area contributed by atoms with Crippen LogP contribution in [0.2, 0.25) is 0 Å². The predicted molar refractivity (Wildman–Crippen MR) is 56.0 cm³/mol. The van der Waals surface area contributed by atoms with E-state index in [-0.39, 0.29) is 12.1 Å². The van der Waals surface area contributed by atoms with Crippen LogP contribution in [0.4, 0.5) is 0 Å². The number of hydrogen-bond donors (Lipinski definition) is 3. The fourth-order valence-electron chi connectivity index (χ4n) is 1.94. The van der Waals surface area contributed by atoms with Gasteiger partial charge in [-0.15, -0.1) is 0 Å². The van der Waals surface area contributed by atoms with Crippen LogP contribution < -0.4 is 6.15 Å². The molecule has 0 aliphatic rings. The summed E-state index contributed by atoms with van der Waals surface area (Å²) >= 11 is 0. The lowest BCUT2D eigenvalue weighted by atomic mass is 9.78. The zero-order valence-corrected chi connectivity index (χ0v) is 9.38. The van der Waals surface area contributed by atoms with Gasteiger partial charge < -0.3 is 16.4 Å². The molecule has 2 atom stereocenters. The molecule has 3 heteroatoms. The van der Waals surface area contributed by atoms with Gasteiger partial charge in [0.05, 0.1) is 11.7 Å². The molecule has 0 amide bonds. The van der Waals surface area contributed by atoms with Gasteiger partial charge in [-0.1, -0.05) is 20.8 Å². The van der Waals surface area contributed by atoms with Crippen molar-refractivity contribution in [3.8, 4) is 0 Å². The van der Waals surface area contributed by atoms with Gasteiger partial charge in [0.1, 0.15) is 0 Å². The Morgan fingerprint density at radius 2 is 1.54 bits per heavy atom. The average Bonchev–Trinajstić information content (AvgIpc) is 2.04. The highest BCUT2D eigenvalue weighted by Gasteiger charge is 2.34. The van der Waals surface area contributed by atoms with Gasteiger partial charge in [-0.2, -0.15) is 0 Å². The molecule has 0 saturated heterocycles. The van der Waals surface area contributed by atoms with Gasteiger partial charge in [0.15, 0.2) is 0 Å². The van der Waals surface area contributed by atoms with Gasteiger partial charge >= 0.3 is 0 Å². The Bertz CT molecular complexity index is 122. The smallest absolute Gasteiger partial charge is 0.0695 e. The first kappa shape index (κ1) is 15.4. The molecule has 5 N–H and O–H groups in total. The minimum absolute atomic E-state index is 0. The Kier molecular flexibility index (Phi) is 7.50. The standard InChI is InChI=1S/C10H22O2.H3N/c1-5-9(8(4)11)10(12,6-2)7-3;/h8-9,11-12H,5-7H2,1-4H3;1H3. The molecule has 0 rings (SSSR count). The molecule has 2 unspecified atom stereocenters. The lowest BCUT2D eigenvalue weighted by molar-refractivity contribution is -0.0730. The topological polar surface area (TPSA) is 75.5 Å². The van der Waals surface area contributed by atoms with E-state index in [1.165, 1.54) is 0 Å². The summed E-state index contributed by atoms with van der Waals surface area (Å²) in [5.74, 6) is 0.00694. The van der Waals surface area contributed by atoms with Crippen LogP contribution >= 0.6 is 0 Å². The number of aliphatic hydroxyl groups excluding tert-OH is 1. The lowest BCUT2D eigenvalue weighted by Gasteiger charge is -2.36. The van der Waals surface area contributed by atoms with Crippen LogP contribution in [0.1, 0.15) is 47.0 Å². The largest absolute Gasteiger partial charge is 0.393 e. The SMILES string of the molecule is CCC(C(C)O)C(O)(CC)CC.N. The molecule has 0 heterocycles. The first-order chi connectivity index (χ1) is 5.51. The molecule has 0 saturated carbocycles. The van der Waals surface area contributed by atoms with E-state index in [1.807, 2.05) is 20.8 Å². The molecule has 0 aromatic heterocycles. The van der Waals surface area contributed by atoms with Gasteiger partial charge in [0, 0.05) is 5.92 Å². The Hall–Kier alpha value is -0.120. The summed E-state index contributed by atoms with van der Waals surface area (Å²) in [7, 11) is 0. The average molecular weight is 191 g/mol. The minimum atomic E-state index is -0.678. The molecule has 0 radical (unpaired) electrons. The summed E-state index contributed by atoms with van der Waals surface area (Å²) in [6.07, 6.45) is 1.84. The third kappa shape index (κ3) is 3.63. The minimum Gasteiger partial charge on any atom is -0.393 e. The van der Waals surface area contributed by atoms with Gasteiger partial charge in [0.2, 0.25) is 0 Å². The summed E-state index contributed by atoms with van der Waals surface area (Å²) in [6, 6.07) is 0. The maximum atomic E-state index is 10.1. The number of hydrogen-bond acceptors (Lipinski definition) is 3. The molecule has 0 aliphatic carbocycles. The maximum absolute atomic E-state index is 10.1. The molecule has 82 valence electrons. The summed E-state index contributed by atoms with van der Waals surface area (Å²) in [4.78, 5) is 0. The lowest BCUT2D eigenvalue weighted by Crippen LogP contribution is -2.42. The van der Waals surface area contributed by atoms with Crippen LogP contribution in [-0.2, 0) is 0 Å². The first-order valence-corrected chi connectivity index (χ1v) is 4.92. The van der Waals surface area contributed by atoms with E-state index in [2.05, 4.69) is 0 Å². The summed E-state index contributed by atoms with van der Waals surface area (Å²) in [5, 5.41) is 19.5. The fourth-order valence-corrected chi connectivity index (χ4v) is 1.94. The second-order valence-electron chi connectivity index (χ2n) is 3.57. The summed E-state index contributed by atoms with van der Waals surface area (Å²) < 4.78 is 0. The molecular weight excluding hydrogens is 166 g/mol. The Morgan fingerprint density at radius 3 is 1.62 bits per heavy atom. The highest BCUT2D eigenvalue weighted by molar-refractivity contribution is 4.86. The zero-order valence-electron chi connectivity index (χ0n) is 9.38. The molecule has 0 fully saturated rings. The van der Waals surface area contributed by atoms with E-state index in [0.29, 0.717) is 12.8 Å². The van der Waals surface area contributed by atoms with Crippen LogP contribution in [0.5, 0.6) is 0 Å². The second kappa shape index (κ2) is 6.35. The molecule has 0 aliphatic heterocycles. The van der Waals surface area contributed by atoms with E-state index in [9.17, 15) is 10.2 Å². The van der Waals surface area contributed by atoms with E-state index in [4.69, 9.17) is 0 Å². The van der Waals surface area contributed by atoms with Gasteiger partial charge in [-0.3, -0.25) is 0 Å². The van der Waals surface area contributed by atoms with E-state index in [0.717, 1.165) is 6.42 Å². The summed E-state index contributed by atoms with van der Waals surface area (Å²) in [6.45, 7) is 7.70. The normalized spacial score (nSPS) is 16.2. The highest BCUT2D eigenvalue weighted by atomic mass is 16.3. The van der Waals surface area contributed by atoms with Crippen molar-refractivity contribution in [1.82, 2.24) is 6.15 Å². The van der Waals surface area contributed by atoms with Crippen molar-refractivity contribution in [3.05, 3.63) is 0 Å². The van der Waals surface area contributed by atoms with Crippen molar-refractivity contribution < 1.29 is 10.2 Å². The van der Waals surface area contributed by atoms with E-state index < -0.39 is 11.7 Å². The van der Waals surface area contributed by atoms with Crippen molar-refractivity contribution >= 4 is 0 Å². The maximum Gasteiger partial charge on any atom is 0.0695 e. The zero-order chi connectivity index (χ0) is 9.78. The quantitative estimate of drug-likeness (QED) is 0.623. The molecular formula is C10H25NO2. The van der Waals surface area contributed by atoms with Crippen molar-refractivity contribution in [2.24, 2.45) is 5.92 Å². The first-order valence-electron chi connectivity index (χ1n) is 4.92. The van der Waals surface area contributed by atoms with E-state index >= 15 is 0 Å². The van der Waals surface area contributed by atoms with Gasteiger partial charge in [0.25, 0.3) is 0 Å². The molecule has 0 spiro atoms. The Labute approximate surface area is 81.7 Å². The van der Waals surface area contributed by atoms with Crippen molar-refractivity contribution in [2.45, 2.75) is 58.7 Å². The number of aliphatic hydroxyl groups is 2. The molecule has 13 heavy (non-hydrogen) atoms. The van der Waals surface area contributed by atoms with Crippen LogP contribution in [0.25, 0.3) is 0 Å². The fraction of sp³-hybridized carbons (Fsp3) is 1.00. The van der Waals surface area contributed by atoms with Crippen LogP contribution in [0, 0.1) is 5.92 Å². The molecule has 0 aromatic rings. The number of rotatable bonds is 5. The van der Waals surface area contributed by atoms with Gasteiger partial charge in [-0.25, -0.2) is 0 Å². The predicted octanol–water partition coefficient (Wildman–Crippen LogP) is 2.11. The third-order valence-corrected chi connectivity index (χ3v) is 2.94. The highest BCUT2D eigenvalue weighted by Crippen LogP contribution is 2.30. The van der Waals surface area contributed by atoms with Crippen LogP contribution in [0.15, 0.2) is 0 Å². The molecule has 3 nitrogen and oxygen atoms in total. The van der Waals surface area contributed by atoms with Crippen molar-refractivity contribution in [3.63, 3.8) is 0 Å². The van der Waals surface area contributed by atoms with E-state index in [1.54, 1.807) is 6.92 Å². The Balaban J connectivity index is 0. The summed E-state index contributed by atoms with van der Waals surface area (Å²) in [5.41, 5.74) is -0.678. The molecule has 0 aromatic carbocycles. The Morgan fingerprint density at radius 1 is 1.15 bits per heavy atom.